The van der Waals surface area contributed by atoms with Crippen molar-refractivity contribution in [2.75, 3.05) is 19.6 Å². The van der Waals surface area contributed by atoms with E-state index in [4.69, 9.17) is 0 Å². The van der Waals surface area contributed by atoms with Gasteiger partial charge in [0, 0.05) is 13.1 Å². The van der Waals surface area contributed by atoms with Gasteiger partial charge in [-0.2, -0.15) is 13.2 Å². The molecule has 2 aliphatic heterocycles. The van der Waals surface area contributed by atoms with E-state index >= 15 is 0 Å². The van der Waals surface area contributed by atoms with Crippen molar-refractivity contribution in [1.82, 2.24) is 10.2 Å². The lowest BCUT2D eigenvalue weighted by molar-refractivity contribution is -0.137. The van der Waals surface area contributed by atoms with Crippen LogP contribution in [0.1, 0.15) is 30.4 Å². The molecule has 3 nitrogen and oxygen atoms in total. The number of nitrogens with zero attached hydrogens (tertiary/aromatic N) is 1. The number of alkyl halides is 3. The number of halogens is 3. The Labute approximate surface area is 127 Å². The van der Waals surface area contributed by atoms with E-state index < -0.39 is 11.7 Å². The Bertz CT molecular complexity index is 565. The van der Waals surface area contributed by atoms with E-state index in [1.807, 2.05) is 0 Å². The summed E-state index contributed by atoms with van der Waals surface area (Å²) in [5.41, 5.74) is -0.408. The van der Waals surface area contributed by atoms with Gasteiger partial charge in [-0.15, -0.1) is 0 Å². The molecule has 0 aliphatic carbocycles. The molecule has 22 heavy (non-hydrogen) atoms. The number of hydrogen-bond donors (Lipinski definition) is 1. The van der Waals surface area contributed by atoms with Gasteiger partial charge in [0.25, 0.3) is 0 Å². The smallest absolute Gasteiger partial charge is 0.338 e. The predicted octanol–water partition coefficient (Wildman–Crippen LogP) is 2.81. The predicted molar refractivity (Wildman–Crippen MR) is 76.0 cm³/mol. The van der Waals surface area contributed by atoms with Crippen LogP contribution in [0.3, 0.4) is 0 Å². The van der Waals surface area contributed by atoms with E-state index in [2.05, 4.69) is 5.32 Å². The van der Waals surface area contributed by atoms with Gasteiger partial charge in [0.2, 0.25) is 5.91 Å². The lowest BCUT2D eigenvalue weighted by Gasteiger charge is -2.32. The van der Waals surface area contributed by atoms with Crippen molar-refractivity contribution < 1.29 is 18.0 Å². The normalized spacial score (nSPS) is 21.6. The summed E-state index contributed by atoms with van der Waals surface area (Å²) in [4.78, 5) is 14.4. The van der Waals surface area contributed by atoms with Gasteiger partial charge in [-0.3, -0.25) is 4.79 Å². The van der Waals surface area contributed by atoms with Gasteiger partial charge < -0.3 is 10.2 Å². The average Bonchev–Trinajstić information content (AvgIpc) is 2.77. The van der Waals surface area contributed by atoms with Crippen molar-refractivity contribution in [3.63, 3.8) is 0 Å². The highest BCUT2D eigenvalue weighted by atomic mass is 19.4. The summed E-state index contributed by atoms with van der Waals surface area (Å²) in [6, 6.07) is 5.25. The third-order valence-corrected chi connectivity index (χ3v) is 4.79. The van der Waals surface area contributed by atoms with Gasteiger partial charge >= 0.3 is 6.18 Å². The van der Waals surface area contributed by atoms with Crippen LogP contribution in [0, 0.1) is 5.41 Å². The van der Waals surface area contributed by atoms with E-state index in [0.717, 1.165) is 44.5 Å². The maximum absolute atomic E-state index is 12.8. The van der Waals surface area contributed by atoms with Crippen LogP contribution in [0.25, 0.3) is 0 Å². The van der Waals surface area contributed by atoms with Crippen molar-refractivity contribution >= 4 is 5.91 Å². The summed E-state index contributed by atoms with van der Waals surface area (Å²) in [6.45, 7) is 2.57. The van der Waals surface area contributed by atoms with E-state index in [0.29, 0.717) is 12.1 Å². The fourth-order valence-corrected chi connectivity index (χ4v) is 3.48. The van der Waals surface area contributed by atoms with E-state index in [1.165, 1.54) is 6.07 Å². The molecule has 2 aliphatic rings. The second-order valence-corrected chi connectivity index (χ2v) is 6.21. The Morgan fingerprint density at radius 1 is 1.18 bits per heavy atom. The lowest BCUT2D eigenvalue weighted by Crippen LogP contribution is -2.42. The Kier molecular flexibility index (Phi) is 3.89. The summed E-state index contributed by atoms with van der Waals surface area (Å²) in [5.74, 6) is 0.103. The van der Waals surface area contributed by atoms with Gasteiger partial charge in [-0.25, -0.2) is 0 Å². The van der Waals surface area contributed by atoms with Gasteiger partial charge in [0.05, 0.1) is 11.0 Å². The van der Waals surface area contributed by atoms with Gasteiger partial charge in [-0.1, -0.05) is 12.1 Å². The van der Waals surface area contributed by atoms with Crippen LogP contribution in [0.5, 0.6) is 0 Å². The molecule has 2 fully saturated rings. The van der Waals surface area contributed by atoms with Crippen molar-refractivity contribution in [2.45, 2.75) is 32.0 Å². The zero-order valence-electron chi connectivity index (χ0n) is 12.2. The maximum atomic E-state index is 12.8. The largest absolute Gasteiger partial charge is 0.416 e. The zero-order valence-corrected chi connectivity index (χ0v) is 12.2. The summed E-state index contributed by atoms with van der Waals surface area (Å²) in [7, 11) is 0. The quantitative estimate of drug-likeness (QED) is 0.911. The van der Waals surface area contributed by atoms with Crippen LogP contribution in [0.2, 0.25) is 0 Å². The summed E-state index contributed by atoms with van der Waals surface area (Å²) >= 11 is 0. The number of carbonyl (C=O) groups excluding carboxylic acids is 1. The molecule has 6 heteroatoms. The monoisotopic (exact) mass is 312 g/mol. The minimum absolute atomic E-state index is 0.103. The molecule has 1 amide bonds. The summed E-state index contributed by atoms with van der Waals surface area (Å²) in [5, 5.41) is 3.25. The van der Waals surface area contributed by atoms with Crippen LogP contribution in [0.15, 0.2) is 24.3 Å². The molecule has 0 unspecified atom stereocenters. The Morgan fingerprint density at radius 3 is 2.59 bits per heavy atom. The molecule has 0 aromatic heterocycles. The molecule has 3 rings (SSSR count). The molecule has 1 aromatic carbocycles. The average molecular weight is 312 g/mol. The van der Waals surface area contributed by atoms with Gasteiger partial charge in [0.1, 0.15) is 0 Å². The van der Waals surface area contributed by atoms with E-state index in [-0.39, 0.29) is 17.9 Å². The Hall–Kier alpha value is -1.56. The first kappa shape index (κ1) is 15.3. The lowest BCUT2D eigenvalue weighted by atomic mass is 9.78. The highest BCUT2D eigenvalue weighted by Crippen LogP contribution is 2.40. The standard InChI is InChI=1S/C16H19F3N2O/c17-16(18,19)13-3-1-2-12(10-13)11-21-9-6-15(14(21)22)4-7-20-8-5-15/h1-3,10,20H,4-9,11H2. The number of piperidine rings is 1. The third kappa shape index (κ3) is 2.84. The molecule has 1 aromatic rings. The second-order valence-electron chi connectivity index (χ2n) is 6.21. The number of carbonyl (C=O) groups is 1. The maximum Gasteiger partial charge on any atom is 0.416 e. The molecule has 0 saturated carbocycles. The van der Waals surface area contributed by atoms with E-state index in [1.54, 1.807) is 11.0 Å². The molecule has 0 radical (unpaired) electrons. The van der Waals surface area contributed by atoms with Crippen LogP contribution >= 0.6 is 0 Å². The summed E-state index contributed by atoms with van der Waals surface area (Å²) < 4.78 is 38.3. The first-order valence-electron chi connectivity index (χ1n) is 7.57. The molecule has 2 heterocycles. The first-order valence-corrected chi connectivity index (χ1v) is 7.57. The topological polar surface area (TPSA) is 32.3 Å². The molecule has 0 bridgehead atoms. The third-order valence-electron chi connectivity index (χ3n) is 4.79. The van der Waals surface area contributed by atoms with Crippen molar-refractivity contribution in [3.05, 3.63) is 35.4 Å². The zero-order chi connectivity index (χ0) is 15.8. The van der Waals surface area contributed by atoms with Crippen molar-refractivity contribution in [1.29, 1.82) is 0 Å². The van der Waals surface area contributed by atoms with Crippen LogP contribution < -0.4 is 5.32 Å². The molecule has 0 atom stereocenters. The first-order chi connectivity index (χ1) is 10.4. The fourth-order valence-electron chi connectivity index (χ4n) is 3.48. The number of likely N-dealkylation sites (tertiary alicyclic amines) is 1. The number of benzene rings is 1. The van der Waals surface area contributed by atoms with Crippen LogP contribution in [-0.2, 0) is 17.5 Å². The molecule has 1 spiro atoms. The minimum Gasteiger partial charge on any atom is -0.338 e. The molecular formula is C16H19F3N2O. The van der Waals surface area contributed by atoms with Crippen molar-refractivity contribution in [2.24, 2.45) is 5.41 Å². The summed E-state index contributed by atoms with van der Waals surface area (Å²) in [6.07, 6.45) is -1.89. The highest BCUT2D eigenvalue weighted by Gasteiger charge is 2.46. The molecular weight excluding hydrogens is 293 g/mol. The number of nitrogens with one attached hydrogen (secondary N) is 1. The van der Waals surface area contributed by atoms with Crippen molar-refractivity contribution in [3.8, 4) is 0 Å². The van der Waals surface area contributed by atoms with E-state index in [9.17, 15) is 18.0 Å². The van der Waals surface area contributed by atoms with Gasteiger partial charge in [-0.05, 0) is 50.0 Å². The number of amides is 1. The van der Waals surface area contributed by atoms with Gasteiger partial charge in [0.15, 0.2) is 0 Å². The fraction of sp³-hybridized carbons (Fsp3) is 0.562. The van der Waals surface area contributed by atoms with Crippen LogP contribution in [-0.4, -0.2) is 30.4 Å². The number of rotatable bonds is 2. The SMILES string of the molecule is O=C1N(Cc2cccc(C(F)(F)F)c2)CCC12CCNCC2. The Morgan fingerprint density at radius 2 is 1.91 bits per heavy atom. The molecule has 120 valence electrons. The highest BCUT2D eigenvalue weighted by molar-refractivity contribution is 5.85. The second kappa shape index (κ2) is 5.57. The molecule has 1 N–H and O–H groups in total. The molecule has 2 saturated heterocycles. The number of hydrogen-bond acceptors (Lipinski definition) is 2. The minimum atomic E-state index is -4.35. The Balaban J connectivity index is 1.73. The van der Waals surface area contributed by atoms with Crippen LogP contribution in [0.4, 0.5) is 13.2 Å².